The lowest BCUT2D eigenvalue weighted by Crippen LogP contribution is -2.51. The van der Waals surface area contributed by atoms with Crippen LogP contribution in [0.2, 0.25) is 0 Å². The summed E-state index contributed by atoms with van der Waals surface area (Å²) in [5.74, 6) is 0.155. The predicted molar refractivity (Wildman–Crippen MR) is 85.5 cm³/mol. The second-order valence-corrected chi connectivity index (χ2v) is 5.87. The standard InChI is InChI=1S/C17H23N3O/c1-3-13(2)19-8-10-20(11-9-19)17(21)15-4-5-16-14(12-15)6-7-18-16/h4-7,12-13,18H,3,8-11H2,1-2H3. The van der Waals surface area contributed by atoms with Gasteiger partial charge in [0.05, 0.1) is 0 Å². The highest BCUT2D eigenvalue weighted by Crippen LogP contribution is 2.17. The lowest BCUT2D eigenvalue weighted by atomic mass is 10.1. The van der Waals surface area contributed by atoms with E-state index >= 15 is 0 Å². The van der Waals surface area contributed by atoms with Crippen LogP contribution in [0.1, 0.15) is 30.6 Å². The van der Waals surface area contributed by atoms with Gasteiger partial charge in [-0.2, -0.15) is 0 Å². The number of hydrogen-bond acceptors (Lipinski definition) is 2. The molecule has 4 heteroatoms. The van der Waals surface area contributed by atoms with Crippen molar-refractivity contribution in [2.75, 3.05) is 26.2 Å². The first kappa shape index (κ1) is 14.1. The largest absolute Gasteiger partial charge is 0.361 e. The Kier molecular flexibility index (Phi) is 3.97. The van der Waals surface area contributed by atoms with Crippen LogP contribution in [-0.4, -0.2) is 52.9 Å². The predicted octanol–water partition coefficient (Wildman–Crippen LogP) is 2.72. The number of aromatic amines is 1. The van der Waals surface area contributed by atoms with E-state index in [9.17, 15) is 4.79 Å². The molecule has 1 aliphatic rings. The summed E-state index contributed by atoms with van der Waals surface area (Å²) in [4.78, 5) is 20.2. The van der Waals surface area contributed by atoms with E-state index in [4.69, 9.17) is 0 Å². The van der Waals surface area contributed by atoms with Crippen molar-refractivity contribution in [3.8, 4) is 0 Å². The van der Waals surface area contributed by atoms with Crippen LogP contribution in [0.5, 0.6) is 0 Å². The van der Waals surface area contributed by atoms with Crippen molar-refractivity contribution in [3.05, 3.63) is 36.0 Å². The summed E-state index contributed by atoms with van der Waals surface area (Å²) in [6.07, 6.45) is 3.07. The monoisotopic (exact) mass is 285 g/mol. The molecule has 0 spiro atoms. The number of benzene rings is 1. The molecule has 4 nitrogen and oxygen atoms in total. The molecule has 0 bridgehead atoms. The van der Waals surface area contributed by atoms with E-state index in [0.717, 1.165) is 49.1 Å². The highest BCUT2D eigenvalue weighted by Gasteiger charge is 2.24. The zero-order valence-electron chi connectivity index (χ0n) is 12.8. The van der Waals surface area contributed by atoms with Gasteiger partial charge in [-0.05, 0) is 37.6 Å². The molecular weight excluding hydrogens is 262 g/mol. The van der Waals surface area contributed by atoms with Gasteiger partial charge in [0.25, 0.3) is 5.91 Å². The molecule has 1 saturated heterocycles. The maximum atomic E-state index is 12.6. The molecule has 3 rings (SSSR count). The molecule has 0 saturated carbocycles. The highest BCUT2D eigenvalue weighted by atomic mass is 16.2. The van der Waals surface area contributed by atoms with E-state index in [1.54, 1.807) is 0 Å². The van der Waals surface area contributed by atoms with Crippen LogP contribution in [0, 0.1) is 0 Å². The lowest BCUT2D eigenvalue weighted by molar-refractivity contribution is 0.0580. The fourth-order valence-electron chi connectivity index (χ4n) is 2.99. The van der Waals surface area contributed by atoms with Gasteiger partial charge in [0, 0.05) is 54.9 Å². The quantitative estimate of drug-likeness (QED) is 0.942. The Bertz CT molecular complexity index is 626. The average Bonchev–Trinajstić information content (AvgIpc) is 3.01. The number of fused-ring (bicyclic) bond motifs is 1. The van der Waals surface area contributed by atoms with Crippen LogP contribution in [0.3, 0.4) is 0 Å². The number of nitrogens with one attached hydrogen (secondary N) is 1. The van der Waals surface area contributed by atoms with Crippen LogP contribution >= 0.6 is 0 Å². The Morgan fingerprint density at radius 3 is 2.71 bits per heavy atom. The Hall–Kier alpha value is -1.81. The Morgan fingerprint density at radius 1 is 1.24 bits per heavy atom. The summed E-state index contributed by atoms with van der Waals surface area (Å²) in [5.41, 5.74) is 1.87. The molecule has 1 aromatic carbocycles. The van der Waals surface area contributed by atoms with E-state index in [0.29, 0.717) is 6.04 Å². The number of H-pyrrole nitrogens is 1. The number of nitrogens with zero attached hydrogens (tertiary/aromatic N) is 2. The molecule has 0 radical (unpaired) electrons. The van der Waals surface area contributed by atoms with Gasteiger partial charge in [-0.1, -0.05) is 6.92 Å². The minimum Gasteiger partial charge on any atom is -0.361 e. The average molecular weight is 285 g/mol. The molecule has 0 aliphatic carbocycles. The Labute approximate surface area is 125 Å². The number of rotatable bonds is 3. The van der Waals surface area contributed by atoms with Gasteiger partial charge in [0.15, 0.2) is 0 Å². The van der Waals surface area contributed by atoms with Crippen molar-refractivity contribution in [3.63, 3.8) is 0 Å². The minimum atomic E-state index is 0.155. The first-order chi connectivity index (χ1) is 10.2. The number of aromatic nitrogens is 1. The topological polar surface area (TPSA) is 39.3 Å². The van der Waals surface area contributed by atoms with Crippen LogP contribution in [0.25, 0.3) is 10.9 Å². The Balaban J connectivity index is 1.68. The molecule has 1 fully saturated rings. The molecule has 1 aliphatic heterocycles. The SMILES string of the molecule is CCC(C)N1CCN(C(=O)c2ccc3[nH]ccc3c2)CC1. The summed E-state index contributed by atoms with van der Waals surface area (Å²) in [6.45, 7) is 8.09. The molecule has 112 valence electrons. The van der Waals surface area contributed by atoms with E-state index in [2.05, 4.69) is 23.7 Å². The van der Waals surface area contributed by atoms with Crippen LogP contribution in [0.15, 0.2) is 30.5 Å². The van der Waals surface area contributed by atoms with Crippen LogP contribution < -0.4 is 0 Å². The summed E-state index contributed by atoms with van der Waals surface area (Å²) in [6, 6.07) is 8.50. The van der Waals surface area contributed by atoms with Crippen LogP contribution in [-0.2, 0) is 0 Å². The van der Waals surface area contributed by atoms with Crippen LogP contribution in [0.4, 0.5) is 0 Å². The highest BCUT2D eigenvalue weighted by molar-refractivity contribution is 5.98. The van der Waals surface area contributed by atoms with E-state index < -0.39 is 0 Å². The van der Waals surface area contributed by atoms with Gasteiger partial charge in [0.2, 0.25) is 0 Å². The van der Waals surface area contributed by atoms with Gasteiger partial charge in [-0.25, -0.2) is 0 Å². The van der Waals surface area contributed by atoms with Crippen molar-refractivity contribution >= 4 is 16.8 Å². The fraction of sp³-hybridized carbons (Fsp3) is 0.471. The van der Waals surface area contributed by atoms with Crippen molar-refractivity contribution in [1.29, 1.82) is 0 Å². The second kappa shape index (κ2) is 5.90. The molecular formula is C17H23N3O. The van der Waals surface area contributed by atoms with Gasteiger partial charge in [-0.15, -0.1) is 0 Å². The van der Waals surface area contributed by atoms with E-state index in [1.807, 2.05) is 35.4 Å². The second-order valence-electron chi connectivity index (χ2n) is 5.87. The summed E-state index contributed by atoms with van der Waals surface area (Å²) >= 11 is 0. The van der Waals surface area contributed by atoms with Gasteiger partial charge in [0.1, 0.15) is 0 Å². The molecule has 1 amide bonds. The van der Waals surface area contributed by atoms with Crippen molar-refractivity contribution < 1.29 is 4.79 Å². The number of piperazine rings is 1. The van der Waals surface area contributed by atoms with Gasteiger partial charge in [-0.3, -0.25) is 9.69 Å². The van der Waals surface area contributed by atoms with Crippen molar-refractivity contribution in [2.45, 2.75) is 26.3 Å². The normalized spacial score (nSPS) is 18.1. The van der Waals surface area contributed by atoms with Crippen molar-refractivity contribution in [2.24, 2.45) is 0 Å². The lowest BCUT2D eigenvalue weighted by Gasteiger charge is -2.37. The maximum absolute atomic E-state index is 12.6. The number of hydrogen-bond donors (Lipinski definition) is 1. The third-order valence-electron chi connectivity index (χ3n) is 4.62. The third-order valence-corrected chi connectivity index (χ3v) is 4.62. The zero-order chi connectivity index (χ0) is 14.8. The Morgan fingerprint density at radius 2 is 2.00 bits per heavy atom. The molecule has 2 heterocycles. The molecule has 1 unspecified atom stereocenters. The smallest absolute Gasteiger partial charge is 0.253 e. The van der Waals surface area contributed by atoms with E-state index in [1.165, 1.54) is 0 Å². The maximum Gasteiger partial charge on any atom is 0.253 e. The molecule has 1 N–H and O–H groups in total. The van der Waals surface area contributed by atoms with E-state index in [-0.39, 0.29) is 5.91 Å². The van der Waals surface area contributed by atoms with Gasteiger partial charge < -0.3 is 9.88 Å². The first-order valence-corrected chi connectivity index (χ1v) is 7.79. The molecule has 2 aromatic rings. The fourth-order valence-corrected chi connectivity index (χ4v) is 2.99. The number of carbonyl (C=O) groups is 1. The first-order valence-electron chi connectivity index (χ1n) is 7.79. The number of carbonyl (C=O) groups excluding carboxylic acids is 1. The molecule has 1 aromatic heterocycles. The summed E-state index contributed by atoms with van der Waals surface area (Å²) in [7, 11) is 0. The minimum absolute atomic E-state index is 0.155. The van der Waals surface area contributed by atoms with Gasteiger partial charge >= 0.3 is 0 Å². The summed E-state index contributed by atoms with van der Waals surface area (Å²) < 4.78 is 0. The molecule has 21 heavy (non-hydrogen) atoms. The summed E-state index contributed by atoms with van der Waals surface area (Å²) in [5, 5.41) is 1.10. The third kappa shape index (κ3) is 2.81. The van der Waals surface area contributed by atoms with Crippen molar-refractivity contribution in [1.82, 2.24) is 14.8 Å². The zero-order valence-corrected chi connectivity index (χ0v) is 12.8. The molecule has 1 atom stereocenters. The number of amides is 1.